The van der Waals surface area contributed by atoms with Gasteiger partial charge in [0.05, 0.1) is 10.7 Å². The van der Waals surface area contributed by atoms with Crippen molar-refractivity contribution in [2.45, 2.75) is 25.7 Å². The summed E-state index contributed by atoms with van der Waals surface area (Å²) in [5, 5.41) is 10.5. The van der Waals surface area contributed by atoms with Crippen LogP contribution in [0.4, 0.5) is 0 Å². The van der Waals surface area contributed by atoms with E-state index in [0.717, 1.165) is 30.3 Å². The Morgan fingerprint density at radius 2 is 2.24 bits per heavy atom. The lowest BCUT2D eigenvalue weighted by molar-refractivity contribution is -0.129. The molecule has 0 radical (unpaired) electrons. The van der Waals surface area contributed by atoms with Crippen LogP contribution in [-0.2, 0) is 11.2 Å². The fourth-order valence-corrected chi connectivity index (χ4v) is 4.39. The van der Waals surface area contributed by atoms with Crippen LogP contribution in [0.2, 0.25) is 5.02 Å². The molecule has 2 N–H and O–H groups in total. The minimum Gasteiger partial charge on any atom is -0.316 e. The number of Topliss-reactive ketones (excluding diaryl/α,β-unsaturated/α-hetero) is 1. The van der Waals surface area contributed by atoms with Gasteiger partial charge in [-0.15, -0.1) is 0 Å². The number of ketones is 1. The summed E-state index contributed by atoms with van der Waals surface area (Å²) in [4.78, 5) is 25.2. The maximum absolute atomic E-state index is 12.9. The summed E-state index contributed by atoms with van der Waals surface area (Å²) in [6.07, 6.45) is 3.16. The van der Waals surface area contributed by atoms with Crippen molar-refractivity contribution in [3.05, 3.63) is 44.0 Å². The predicted octanol–water partition coefficient (Wildman–Crippen LogP) is 2.48. The maximum Gasteiger partial charge on any atom is 0.347 e. The first-order chi connectivity index (χ1) is 12.0. The molecule has 25 heavy (non-hydrogen) atoms. The molecule has 1 saturated heterocycles. The molecule has 0 bridgehead atoms. The van der Waals surface area contributed by atoms with Gasteiger partial charge in [-0.1, -0.05) is 27.5 Å². The summed E-state index contributed by atoms with van der Waals surface area (Å²) in [7, 11) is 0. The van der Waals surface area contributed by atoms with Crippen molar-refractivity contribution in [3.8, 4) is 5.69 Å². The van der Waals surface area contributed by atoms with E-state index in [-0.39, 0.29) is 11.6 Å². The zero-order chi connectivity index (χ0) is 17.6. The van der Waals surface area contributed by atoms with Crippen LogP contribution < -0.4 is 11.0 Å². The van der Waals surface area contributed by atoms with E-state index in [1.54, 1.807) is 12.1 Å². The topological polar surface area (TPSA) is 79.8 Å². The van der Waals surface area contributed by atoms with E-state index in [1.807, 2.05) is 6.07 Å². The van der Waals surface area contributed by atoms with Crippen LogP contribution in [0.25, 0.3) is 5.69 Å². The number of benzene rings is 1. The zero-order valence-corrected chi connectivity index (χ0v) is 15.9. The number of nitrogens with one attached hydrogen (secondary N) is 2. The van der Waals surface area contributed by atoms with E-state index in [2.05, 4.69) is 31.4 Å². The fraction of sp³-hybridized carbons (Fsp3) is 0.471. The average Bonchev–Trinajstić information content (AvgIpc) is 3.23. The number of carbonyl (C=O) groups excluding carboxylic acids is 1. The highest BCUT2D eigenvalue weighted by Crippen LogP contribution is 2.42. The molecule has 2 aliphatic rings. The monoisotopic (exact) mass is 424 g/mol. The standard InChI is InChI=1S/C17H18BrClN4O2/c18-11-3-4-13(12(19)7-11)23-14(21-22-16(23)25)8-17(5-6-20-9-17)15(24)10-1-2-10/h3-4,7,10,20H,1-2,5-6,8-9H2,(H,22,25)/t17-/m0/s1. The minimum absolute atomic E-state index is 0.176. The van der Waals surface area contributed by atoms with Gasteiger partial charge in [0.2, 0.25) is 0 Å². The summed E-state index contributed by atoms with van der Waals surface area (Å²) in [6, 6.07) is 5.34. The Hall–Kier alpha value is -1.44. The number of rotatable bonds is 5. The molecule has 1 aliphatic carbocycles. The molecule has 0 amide bonds. The number of nitrogens with zero attached hydrogens (tertiary/aromatic N) is 2. The van der Waals surface area contributed by atoms with Crippen molar-refractivity contribution in [3.63, 3.8) is 0 Å². The number of carbonyl (C=O) groups is 1. The van der Waals surface area contributed by atoms with Crippen LogP contribution in [0.15, 0.2) is 27.5 Å². The smallest absolute Gasteiger partial charge is 0.316 e. The normalized spacial score (nSPS) is 23.1. The Morgan fingerprint density at radius 1 is 1.44 bits per heavy atom. The van der Waals surface area contributed by atoms with Crippen LogP contribution in [0.1, 0.15) is 25.1 Å². The average molecular weight is 426 g/mol. The molecule has 1 atom stereocenters. The van der Waals surface area contributed by atoms with Crippen molar-refractivity contribution in [2.75, 3.05) is 13.1 Å². The molecular weight excluding hydrogens is 408 g/mol. The van der Waals surface area contributed by atoms with Gasteiger partial charge < -0.3 is 5.32 Å². The Balaban J connectivity index is 1.74. The highest BCUT2D eigenvalue weighted by Gasteiger charge is 2.48. The highest BCUT2D eigenvalue weighted by molar-refractivity contribution is 9.10. The van der Waals surface area contributed by atoms with Crippen LogP contribution in [-0.4, -0.2) is 33.6 Å². The lowest BCUT2D eigenvalue weighted by atomic mass is 9.77. The Bertz CT molecular complexity index is 881. The molecule has 1 aromatic heterocycles. The summed E-state index contributed by atoms with van der Waals surface area (Å²) in [5.41, 5.74) is -0.260. The van der Waals surface area contributed by atoms with Gasteiger partial charge in [-0.2, -0.15) is 5.10 Å². The van der Waals surface area contributed by atoms with E-state index in [0.29, 0.717) is 35.3 Å². The third-order valence-electron chi connectivity index (χ3n) is 5.10. The van der Waals surface area contributed by atoms with Crippen molar-refractivity contribution < 1.29 is 4.79 Å². The number of aromatic amines is 1. The Morgan fingerprint density at radius 3 is 2.88 bits per heavy atom. The van der Waals surface area contributed by atoms with E-state index in [1.165, 1.54) is 4.57 Å². The second-order valence-electron chi connectivity index (χ2n) is 6.90. The largest absolute Gasteiger partial charge is 0.347 e. The number of H-pyrrole nitrogens is 1. The van der Waals surface area contributed by atoms with Gasteiger partial charge in [-0.3, -0.25) is 4.79 Å². The van der Waals surface area contributed by atoms with Gasteiger partial charge in [0.1, 0.15) is 11.6 Å². The molecule has 0 spiro atoms. The van der Waals surface area contributed by atoms with Crippen LogP contribution >= 0.6 is 27.5 Å². The SMILES string of the molecule is O=C(C1CC1)[C@]1(Cc2n[nH]c(=O)n2-c2ccc(Br)cc2Cl)CCNC1. The van der Waals surface area contributed by atoms with Crippen LogP contribution in [0.3, 0.4) is 0 Å². The molecule has 2 aromatic rings. The van der Waals surface area contributed by atoms with Gasteiger partial charge in [0.25, 0.3) is 0 Å². The van der Waals surface area contributed by atoms with E-state index >= 15 is 0 Å². The van der Waals surface area contributed by atoms with Gasteiger partial charge in [0.15, 0.2) is 0 Å². The zero-order valence-electron chi connectivity index (χ0n) is 13.5. The third kappa shape index (κ3) is 3.09. The first-order valence-corrected chi connectivity index (χ1v) is 9.54. The van der Waals surface area contributed by atoms with Crippen molar-refractivity contribution in [1.29, 1.82) is 0 Å². The summed E-state index contributed by atoms with van der Waals surface area (Å²) in [5.74, 6) is 1.03. The lowest BCUT2D eigenvalue weighted by Crippen LogP contribution is -2.38. The number of hydrogen-bond donors (Lipinski definition) is 2. The molecule has 1 aliphatic heterocycles. The third-order valence-corrected chi connectivity index (χ3v) is 5.90. The second-order valence-corrected chi connectivity index (χ2v) is 8.22. The van der Waals surface area contributed by atoms with Crippen LogP contribution in [0, 0.1) is 11.3 Å². The molecule has 0 unspecified atom stereocenters. The van der Waals surface area contributed by atoms with Crippen molar-refractivity contribution in [2.24, 2.45) is 11.3 Å². The molecule has 2 fully saturated rings. The van der Waals surface area contributed by atoms with Gasteiger partial charge in [-0.05, 0) is 44.0 Å². The quantitative estimate of drug-likeness (QED) is 0.771. The molecule has 4 rings (SSSR count). The Kier molecular flexibility index (Phi) is 4.33. The second kappa shape index (κ2) is 6.37. The van der Waals surface area contributed by atoms with Crippen molar-refractivity contribution in [1.82, 2.24) is 20.1 Å². The number of halogens is 2. The van der Waals surface area contributed by atoms with Gasteiger partial charge >= 0.3 is 5.69 Å². The number of aromatic nitrogens is 3. The maximum atomic E-state index is 12.9. The molecular formula is C17H18BrClN4O2. The number of hydrogen-bond acceptors (Lipinski definition) is 4. The molecule has 1 saturated carbocycles. The van der Waals surface area contributed by atoms with Crippen molar-refractivity contribution >= 4 is 33.3 Å². The van der Waals surface area contributed by atoms with E-state index in [4.69, 9.17) is 11.6 Å². The summed E-state index contributed by atoms with van der Waals surface area (Å²) >= 11 is 9.70. The highest BCUT2D eigenvalue weighted by atomic mass is 79.9. The molecule has 8 heteroatoms. The summed E-state index contributed by atoms with van der Waals surface area (Å²) < 4.78 is 2.31. The first-order valence-electron chi connectivity index (χ1n) is 8.37. The van der Waals surface area contributed by atoms with Gasteiger partial charge in [-0.25, -0.2) is 14.5 Å². The fourth-order valence-electron chi connectivity index (χ4n) is 3.63. The first kappa shape index (κ1) is 17.0. The lowest BCUT2D eigenvalue weighted by Gasteiger charge is -2.26. The van der Waals surface area contributed by atoms with E-state index in [9.17, 15) is 9.59 Å². The van der Waals surface area contributed by atoms with Gasteiger partial charge in [0, 0.05) is 28.8 Å². The Labute approximate surface area is 158 Å². The van der Waals surface area contributed by atoms with E-state index < -0.39 is 5.41 Å². The molecule has 6 nitrogen and oxygen atoms in total. The predicted molar refractivity (Wildman–Crippen MR) is 98.2 cm³/mol. The van der Waals surface area contributed by atoms with Crippen LogP contribution in [0.5, 0.6) is 0 Å². The minimum atomic E-state index is -0.480. The summed E-state index contributed by atoms with van der Waals surface area (Å²) in [6.45, 7) is 1.45. The molecule has 1 aromatic carbocycles. The molecule has 132 valence electrons. The molecule has 2 heterocycles.